The Kier molecular flexibility index (Phi) is 67.6. The van der Waals surface area contributed by atoms with Gasteiger partial charge in [0.25, 0.3) is 6.29 Å². The lowest BCUT2D eigenvalue weighted by atomic mass is 10.0. The maximum Gasteiger partial charge on any atom is 0.361 e. The molecule has 0 aromatic heterocycles. The van der Waals surface area contributed by atoms with E-state index >= 15 is 0 Å². The van der Waals surface area contributed by atoms with Crippen molar-refractivity contribution in [1.82, 2.24) is 0 Å². The fraction of sp³-hybridized carbons (Fsp3) is 0.787. The number of quaternary nitrogens is 1. The van der Waals surface area contributed by atoms with Crippen LogP contribution in [0.25, 0.3) is 0 Å². The minimum atomic E-state index is -1.52. The summed E-state index contributed by atoms with van der Waals surface area (Å²) in [6, 6.07) is 0. The van der Waals surface area contributed by atoms with E-state index in [-0.39, 0.29) is 32.2 Å². The van der Waals surface area contributed by atoms with Gasteiger partial charge in [0.05, 0.1) is 34.4 Å². The number of nitrogens with zero attached hydrogens (tertiary/aromatic N) is 1. The van der Waals surface area contributed by atoms with E-state index in [1.807, 2.05) is 21.1 Å². The van der Waals surface area contributed by atoms with Crippen molar-refractivity contribution in [2.45, 2.75) is 360 Å². The zero-order valence-electron chi connectivity index (χ0n) is 59.1. The van der Waals surface area contributed by atoms with Crippen LogP contribution >= 0.6 is 0 Å². The van der Waals surface area contributed by atoms with Crippen LogP contribution in [0, 0.1) is 0 Å². The summed E-state index contributed by atoms with van der Waals surface area (Å²) in [7, 11) is 5.98. The van der Waals surface area contributed by atoms with Crippen LogP contribution in [-0.4, -0.2) is 87.4 Å². The Bertz CT molecular complexity index is 1740. The summed E-state index contributed by atoms with van der Waals surface area (Å²) in [4.78, 5) is 37.7. The average Bonchev–Trinajstić information content (AvgIpc) is 3.64. The molecule has 2 unspecified atom stereocenters. The number of carbonyl (C=O) groups is 3. The van der Waals surface area contributed by atoms with Crippen LogP contribution in [0.5, 0.6) is 0 Å². The first-order valence-electron chi connectivity index (χ1n) is 37.8. The number of aliphatic carboxylic acids is 1. The lowest BCUT2D eigenvalue weighted by molar-refractivity contribution is -0.870. The Morgan fingerprint density at radius 3 is 0.955 bits per heavy atom. The maximum absolute atomic E-state index is 12.9. The molecule has 0 amide bonds. The molecule has 0 aliphatic heterocycles. The van der Waals surface area contributed by atoms with Gasteiger partial charge in [-0.25, -0.2) is 4.79 Å². The summed E-state index contributed by atoms with van der Waals surface area (Å²) < 4.78 is 23.0. The molecule has 9 nitrogen and oxygen atoms in total. The molecular formula is C80H144NO8+. The van der Waals surface area contributed by atoms with Gasteiger partial charge in [-0.15, -0.1) is 0 Å². The predicted molar refractivity (Wildman–Crippen MR) is 382 cm³/mol. The fourth-order valence-corrected chi connectivity index (χ4v) is 10.9. The number of likely N-dealkylation sites (N-methyl/N-ethyl adjacent to an activating group) is 1. The van der Waals surface area contributed by atoms with Gasteiger partial charge in [0, 0.05) is 12.8 Å². The molecule has 0 saturated carbocycles. The number of allylic oxidation sites excluding steroid dienone is 14. The molecule has 0 aliphatic carbocycles. The van der Waals surface area contributed by atoms with Crippen LogP contribution in [0.4, 0.5) is 0 Å². The molecule has 2 atom stereocenters. The van der Waals surface area contributed by atoms with Crippen molar-refractivity contribution in [3.05, 3.63) is 85.1 Å². The lowest BCUT2D eigenvalue weighted by Gasteiger charge is -2.25. The first kappa shape index (κ1) is 85.5. The quantitative estimate of drug-likeness (QED) is 0.0211. The van der Waals surface area contributed by atoms with E-state index in [1.165, 1.54) is 231 Å². The lowest BCUT2D eigenvalue weighted by Crippen LogP contribution is -2.40. The minimum absolute atomic E-state index is 0.184. The summed E-state index contributed by atoms with van der Waals surface area (Å²) in [6.07, 6.45) is 93.0. The van der Waals surface area contributed by atoms with Gasteiger partial charge in [0.15, 0.2) is 6.10 Å². The van der Waals surface area contributed by atoms with Gasteiger partial charge >= 0.3 is 17.9 Å². The summed E-state index contributed by atoms with van der Waals surface area (Å²) in [5.74, 6) is -2.00. The van der Waals surface area contributed by atoms with Crippen LogP contribution in [0.3, 0.4) is 0 Å². The van der Waals surface area contributed by atoms with Gasteiger partial charge in [0.2, 0.25) is 0 Å². The number of hydrogen-bond donors (Lipinski definition) is 1. The highest BCUT2D eigenvalue weighted by Crippen LogP contribution is 2.19. The van der Waals surface area contributed by atoms with Crippen molar-refractivity contribution in [2.24, 2.45) is 0 Å². The topological polar surface area (TPSA) is 108 Å². The Labute approximate surface area is 550 Å². The zero-order chi connectivity index (χ0) is 64.7. The molecule has 0 spiro atoms. The molecule has 0 aromatic carbocycles. The Balaban J connectivity index is 3.99. The molecule has 89 heavy (non-hydrogen) atoms. The number of carboxylic acids is 1. The van der Waals surface area contributed by atoms with Crippen LogP contribution in [-0.2, 0) is 33.3 Å². The number of hydrogen-bond acceptors (Lipinski definition) is 7. The van der Waals surface area contributed by atoms with E-state index in [1.54, 1.807) is 0 Å². The highest BCUT2D eigenvalue weighted by atomic mass is 16.7. The largest absolute Gasteiger partial charge is 0.477 e. The molecule has 9 heteroatoms. The summed E-state index contributed by atoms with van der Waals surface area (Å²) in [5, 5.41) is 9.75. The van der Waals surface area contributed by atoms with Crippen molar-refractivity contribution in [3.8, 4) is 0 Å². The predicted octanol–water partition coefficient (Wildman–Crippen LogP) is 23.8. The molecule has 0 rings (SSSR count). The molecule has 0 fully saturated rings. The Morgan fingerprint density at radius 2 is 0.640 bits per heavy atom. The molecule has 516 valence electrons. The molecule has 0 bridgehead atoms. The van der Waals surface area contributed by atoms with Crippen molar-refractivity contribution in [3.63, 3.8) is 0 Å². The molecule has 0 aliphatic rings. The molecule has 0 radical (unpaired) electrons. The first-order chi connectivity index (χ1) is 43.6. The van der Waals surface area contributed by atoms with E-state index in [2.05, 4.69) is 98.9 Å². The van der Waals surface area contributed by atoms with Gasteiger partial charge in [-0.1, -0.05) is 330 Å². The second kappa shape index (κ2) is 70.3. The smallest absolute Gasteiger partial charge is 0.361 e. The van der Waals surface area contributed by atoms with Gasteiger partial charge in [0.1, 0.15) is 13.2 Å². The monoisotopic (exact) mass is 1250 g/mol. The van der Waals surface area contributed by atoms with Crippen LogP contribution in [0.1, 0.15) is 348 Å². The van der Waals surface area contributed by atoms with Gasteiger partial charge in [-0.05, 0) is 89.9 Å². The van der Waals surface area contributed by atoms with E-state index in [4.69, 9.17) is 18.9 Å². The maximum atomic E-state index is 12.9. The van der Waals surface area contributed by atoms with Crippen molar-refractivity contribution < 1.29 is 42.9 Å². The van der Waals surface area contributed by atoms with Crippen LogP contribution in [0.15, 0.2) is 85.1 Å². The molecular weight excluding hydrogens is 1100 g/mol. The fourth-order valence-electron chi connectivity index (χ4n) is 10.9. The molecule has 0 saturated heterocycles. The van der Waals surface area contributed by atoms with Gasteiger partial charge in [-0.2, -0.15) is 0 Å². The van der Waals surface area contributed by atoms with Crippen LogP contribution < -0.4 is 0 Å². The third-order valence-electron chi connectivity index (χ3n) is 16.6. The highest BCUT2D eigenvalue weighted by molar-refractivity contribution is 5.71. The standard InChI is InChI=1S/C80H143NO8/c1-6-8-10-12-14-16-18-20-22-24-26-28-30-32-33-34-35-36-37-38-39-40-41-42-43-44-45-47-48-50-52-54-56-58-60-62-64-66-68-70-77(82)87-74-76(75-88-80(79(84)85)86-73-72-81(3,4)5)89-78(83)71-69-67-65-63-61-59-57-55-53-51-49-46-31-29-27-25-23-21-19-17-15-13-11-9-7-2/h9,11,15,17-18,20-21,23-24,26-27,29,46,49,76,80H,6-8,10,12-14,16,19,22,25,28,30-45,47-48,50-75H2,1-5H3/p+1/b11-9-,17-15-,20-18-,23-21-,26-24-,29-27-,49-46-. The number of carboxylic acid groups (broad SMARTS) is 1. The first-order valence-corrected chi connectivity index (χ1v) is 37.8. The number of rotatable bonds is 70. The Morgan fingerprint density at radius 1 is 0.348 bits per heavy atom. The normalized spacial score (nSPS) is 13.1. The van der Waals surface area contributed by atoms with Crippen LogP contribution in [0.2, 0.25) is 0 Å². The number of unbranched alkanes of at least 4 members (excludes halogenated alkanes) is 41. The number of esters is 2. The van der Waals surface area contributed by atoms with E-state index in [9.17, 15) is 19.5 Å². The molecule has 1 N–H and O–H groups in total. The average molecular weight is 1250 g/mol. The van der Waals surface area contributed by atoms with Gasteiger partial charge in [-0.3, -0.25) is 9.59 Å². The SMILES string of the molecule is CC/C=C\C/C=C\C/C=C\C/C=C\C/C=C\CCCCCCCCCCCC(=O)OC(COC(=O)CCCCCCCCCCCCCCCCCCCCCCCCCCCCC/C=C\C/C=C\CCCCCCC)COC(OCC[N+](C)(C)C)C(=O)O. The third-order valence-corrected chi connectivity index (χ3v) is 16.6. The second-order valence-electron chi connectivity index (χ2n) is 26.6. The number of ether oxygens (including phenoxy) is 4. The summed E-state index contributed by atoms with van der Waals surface area (Å²) in [5.41, 5.74) is 0. The zero-order valence-corrected chi connectivity index (χ0v) is 59.1. The Hall–Kier alpha value is -3.53. The minimum Gasteiger partial charge on any atom is -0.477 e. The van der Waals surface area contributed by atoms with Crippen molar-refractivity contribution in [2.75, 3.05) is 47.5 Å². The van der Waals surface area contributed by atoms with Crippen molar-refractivity contribution in [1.29, 1.82) is 0 Å². The van der Waals surface area contributed by atoms with E-state index in [0.29, 0.717) is 23.9 Å². The third kappa shape index (κ3) is 71.8. The van der Waals surface area contributed by atoms with E-state index in [0.717, 1.165) is 83.5 Å². The second-order valence-corrected chi connectivity index (χ2v) is 26.6. The van der Waals surface area contributed by atoms with Crippen molar-refractivity contribution >= 4 is 17.9 Å². The highest BCUT2D eigenvalue weighted by Gasteiger charge is 2.25. The summed E-state index contributed by atoms with van der Waals surface area (Å²) in [6.45, 7) is 4.79. The molecule has 0 aromatic rings. The summed E-state index contributed by atoms with van der Waals surface area (Å²) >= 11 is 0. The molecule has 0 heterocycles. The number of carbonyl (C=O) groups excluding carboxylic acids is 2. The van der Waals surface area contributed by atoms with E-state index < -0.39 is 24.3 Å². The van der Waals surface area contributed by atoms with Gasteiger partial charge < -0.3 is 28.5 Å².